The number of benzene rings is 1. The molecule has 4 heterocycles. The third kappa shape index (κ3) is 3.41. The average Bonchev–Trinajstić information content (AvgIpc) is 3.25. The number of rotatable bonds is 4. The van der Waals surface area contributed by atoms with Crippen molar-refractivity contribution >= 4 is 17.2 Å². The number of aromatic nitrogens is 3. The van der Waals surface area contributed by atoms with Crippen LogP contribution in [0.2, 0.25) is 0 Å². The highest BCUT2D eigenvalue weighted by molar-refractivity contribution is 7.14. The summed E-state index contributed by atoms with van der Waals surface area (Å²) in [6.07, 6.45) is 3.73. The Labute approximate surface area is 186 Å². The molecule has 0 radical (unpaired) electrons. The van der Waals surface area contributed by atoms with E-state index in [1.54, 1.807) is 22.8 Å². The van der Waals surface area contributed by atoms with Gasteiger partial charge in [-0.2, -0.15) is 0 Å². The van der Waals surface area contributed by atoms with Gasteiger partial charge in [-0.3, -0.25) is 9.59 Å². The topological polar surface area (TPSA) is 97.5 Å². The molecule has 2 aromatic heterocycles. The monoisotopic (exact) mass is 454 g/mol. The minimum Gasteiger partial charge on any atom is -0.503 e. The SMILES string of the molecule is C=C[C@@H]1CCOC2Cn3cc(-c4nnc(Cc5ccc(F)cc5)s4)c(=O)c(O)c3C(=O)N21. The van der Waals surface area contributed by atoms with E-state index < -0.39 is 23.3 Å². The van der Waals surface area contributed by atoms with E-state index in [2.05, 4.69) is 16.8 Å². The first-order chi connectivity index (χ1) is 15.5. The zero-order valence-electron chi connectivity index (χ0n) is 16.9. The predicted octanol–water partition coefficient (Wildman–Crippen LogP) is 2.56. The predicted molar refractivity (Wildman–Crippen MR) is 115 cm³/mol. The molecule has 2 atom stereocenters. The van der Waals surface area contributed by atoms with Gasteiger partial charge in [-0.15, -0.1) is 16.8 Å². The fourth-order valence-corrected chi connectivity index (χ4v) is 4.96. The van der Waals surface area contributed by atoms with Gasteiger partial charge in [0.15, 0.2) is 22.7 Å². The number of fused-ring (bicyclic) bond motifs is 2. The zero-order valence-corrected chi connectivity index (χ0v) is 17.7. The van der Waals surface area contributed by atoms with Gasteiger partial charge in [0, 0.05) is 12.6 Å². The highest BCUT2D eigenvalue weighted by Gasteiger charge is 2.41. The average molecular weight is 454 g/mol. The second kappa shape index (κ2) is 7.95. The largest absolute Gasteiger partial charge is 0.503 e. The molecule has 32 heavy (non-hydrogen) atoms. The van der Waals surface area contributed by atoms with Crippen LogP contribution in [0, 0.1) is 5.82 Å². The first-order valence-electron chi connectivity index (χ1n) is 10.1. The molecule has 1 amide bonds. The molecule has 8 nitrogen and oxygen atoms in total. The Morgan fingerprint density at radius 3 is 2.81 bits per heavy atom. The van der Waals surface area contributed by atoms with Crippen molar-refractivity contribution in [3.8, 4) is 16.3 Å². The van der Waals surface area contributed by atoms with Gasteiger partial charge in [-0.25, -0.2) is 4.39 Å². The number of ether oxygens (including phenoxy) is 1. The summed E-state index contributed by atoms with van der Waals surface area (Å²) in [5.41, 5.74) is 0.270. The Bertz CT molecular complexity index is 1270. The van der Waals surface area contributed by atoms with E-state index in [0.717, 1.165) is 5.56 Å². The Kier molecular flexibility index (Phi) is 5.10. The van der Waals surface area contributed by atoms with Crippen LogP contribution in [0.4, 0.5) is 4.39 Å². The Morgan fingerprint density at radius 2 is 2.06 bits per heavy atom. The van der Waals surface area contributed by atoms with Crippen molar-refractivity contribution in [1.29, 1.82) is 0 Å². The highest BCUT2D eigenvalue weighted by atomic mass is 32.1. The highest BCUT2D eigenvalue weighted by Crippen LogP contribution is 2.32. The Hall–Kier alpha value is -3.37. The Balaban J connectivity index is 1.50. The summed E-state index contributed by atoms with van der Waals surface area (Å²) in [5.74, 6) is -1.41. The molecule has 1 unspecified atom stereocenters. The fourth-order valence-electron chi connectivity index (χ4n) is 4.08. The van der Waals surface area contributed by atoms with Crippen molar-refractivity contribution in [3.05, 3.63) is 75.4 Å². The molecule has 3 aromatic rings. The lowest BCUT2D eigenvalue weighted by molar-refractivity contribution is -0.106. The van der Waals surface area contributed by atoms with Crippen LogP contribution in [0.15, 0.2) is 47.9 Å². The molecule has 1 saturated heterocycles. The molecule has 0 saturated carbocycles. The van der Waals surface area contributed by atoms with Gasteiger partial charge < -0.3 is 19.3 Å². The van der Waals surface area contributed by atoms with Crippen molar-refractivity contribution in [2.45, 2.75) is 31.7 Å². The zero-order chi connectivity index (χ0) is 22.4. The van der Waals surface area contributed by atoms with E-state index in [1.165, 1.54) is 34.6 Å². The lowest BCUT2D eigenvalue weighted by atomic mass is 10.1. The molecule has 0 bridgehead atoms. The summed E-state index contributed by atoms with van der Waals surface area (Å²) >= 11 is 1.21. The molecule has 164 valence electrons. The van der Waals surface area contributed by atoms with Crippen LogP contribution in [-0.2, 0) is 17.7 Å². The van der Waals surface area contributed by atoms with Gasteiger partial charge in [0.25, 0.3) is 5.91 Å². The summed E-state index contributed by atoms with van der Waals surface area (Å²) in [7, 11) is 0. The molecule has 5 rings (SSSR count). The molecular weight excluding hydrogens is 435 g/mol. The van der Waals surface area contributed by atoms with Crippen molar-refractivity contribution in [1.82, 2.24) is 19.7 Å². The van der Waals surface area contributed by atoms with Gasteiger partial charge in [0.05, 0.1) is 24.8 Å². The summed E-state index contributed by atoms with van der Waals surface area (Å²) in [4.78, 5) is 27.5. The standard InChI is InChI=1S/C22H19FN4O4S/c1-2-14-7-8-31-17-11-26-10-15(19(28)20(29)18(26)22(30)27(14)17)21-25-24-16(32-21)9-12-3-5-13(23)6-4-12/h2-6,10,14,17,29H,1,7-9,11H2/t14-,17?/m1/s1. The van der Waals surface area contributed by atoms with Crippen LogP contribution in [-0.4, -0.2) is 49.6 Å². The second-order valence-corrected chi connectivity index (χ2v) is 8.72. The van der Waals surface area contributed by atoms with Gasteiger partial charge in [-0.05, 0) is 24.1 Å². The van der Waals surface area contributed by atoms with E-state index in [4.69, 9.17) is 4.74 Å². The normalized spacial score (nSPS) is 20.0. The number of aromatic hydroxyl groups is 1. The fraction of sp³-hybridized carbons (Fsp3) is 0.273. The first-order valence-corrected chi connectivity index (χ1v) is 10.9. The van der Waals surface area contributed by atoms with Crippen LogP contribution < -0.4 is 5.43 Å². The number of hydrogen-bond donors (Lipinski definition) is 1. The number of carbonyl (C=O) groups is 1. The third-order valence-corrected chi connectivity index (χ3v) is 6.63. The number of carbonyl (C=O) groups excluding carboxylic acids is 1. The van der Waals surface area contributed by atoms with Gasteiger partial charge in [0.1, 0.15) is 10.8 Å². The quantitative estimate of drug-likeness (QED) is 0.609. The lowest BCUT2D eigenvalue weighted by Crippen LogP contribution is -2.57. The van der Waals surface area contributed by atoms with Crippen LogP contribution in [0.25, 0.3) is 10.6 Å². The van der Waals surface area contributed by atoms with E-state index in [-0.39, 0.29) is 29.7 Å². The van der Waals surface area contributed by atoms with Crippen LogP contribution in [0.3, 0.4) is 0 Å². The number of amides is 1. The number of nitrogens with zero attached hydrogens (tertiary/aromatic N) is 4. The molecule has 1 aromatic carbocycles. The van der Waals surface area contributed by atoms with E-state index >= 15 is 0 Å². The Morgan fingerprint density at radius 1 is 1.28 bits per heavy atom. The van der Waals surface area contributed by atoms with E-state index in [1.807, 2.05) is 0 Å². The molecule has 2 aliphatic heterocycles. The summed E-state index contributed by atoms with van der Waals surface area (Å²) in [5, 5.41) is 19.9. The third-order valence-electron chi connectivity index (χ3n) is 5.68. The van der Waals surface area contributed by atoms with E-state index in [0.29, 0.717) is 29.5 Å². The smallest absolute Gasteiger partial charge is 0.277 e. The van der Waals surface area contributed by atoms with Crippen LogP contribution >= 0.6 is 11.3 Å². The molecule has 1 N–H and O–H groups in total. The minimum atomic E-state index is -0.680. The maximum atomic E-state index is 13.1. The molecule has 0 aliphatic carbocycles. The lowest BCUT2D eigenvalue weighted by Gasteiger charge is -2.44. The summed E-state index contributed by atoms with van der Waals surface area (Å²) in [6, 6.07) is 5.84. The summed E-state index contributed by atoms with van der Waals surface area (Å²) in [6.45, 7) is 4.54. The van der Waals surface area contributed by atoms with Crippen LogP contribution in [0.1, 0.15) is 27.5 Å². The van der Waals surface area contributed by atoms with Gasteiger partial charge >= 0.3 is 0 Å². The molecular formula is C22H19FN4O4S. The number of hydrogen-bond acceptors (Lipinski definition) is 7. The van der Waals surface area contributed by atoms with E-state index in [9.17, 15) is 19.1 Å². The minimum absolute atomic E-state index is 0.0663. The van der Waals surface area contributed by atoms with Crippen molar-refractivity contribution in [3.63, 3.8) is 0 Å². The van der Waals surface area contributed by atoms with Crippen molar-refractivity contribution < 1.29 is 19.0 Å². The maximum absolute atomic E-state index is 13.1. The van der Waals surface area contributed by atoms with Crippen molar-refractivity contribution in [2.75, 3.05) is 6.61 Å². The molecule has 10 heteroatoms. The molecule has 2 aliphatic rings. The first kappa shape index (κ1) is 20.5. The van der Waals surface area contributed by atoms with Gasteiger partial charge in [-0.1, -0.05) is 29.5 Å². The second-order valence-electron chi connectivity index (χ2n) is 7.66. The number of pyridine rings is 1. The van der Waals surface area contributed by atoms with Crippen LogP contribution in [0.5, 0.6) is 5.75 Å². The summed E-state index contributed by atoms with van der Waals surface area (Å²) < 4.78 is 20.4. The molecule has 0 spiro atoms. The maximum Gasteiger partial charge on any atom is 0.277 e. The van der Waals surface area contributed by atoms with Crippen molar-refractivity contribution in [2.24, 2.45) is 0 Å². The van der Waals surface area contributed by atoms with Gasteiger partial charge in [0.2, 0.25) is 5.43 Å². The number of halogens is 1. The molecule has 1 fully saturated rings.